The van der Waals surface area contributed by atoms with Gasteiger partial charge < -0.3 is 29.7 Å². The third-order valence-electron chi connectivity index (χ3n) is 14.6. The standard InChI is InChI=1S/C48H58FN11O5S/c1-31-42(52-40(66-31)27-59-16-7-10-38(59)43-55-54-39-11-3-2-6-17-60(39)43)47-28-48(29-47,30-47)46(64)51-15-23-65-22-14-50-26-41(61)57-18-20-58(21-19-57)45(63)35-24-32(12-13-36(35)49)25-37-33-8-4-5-9-34(33)44(62)56-53-37/h4-5,8-9,12-13,24,38,50H,2-3,6-7,10-11,14-23,25-30H2,1H3,(H,51,64)(H,56,62). The first-order chi connectivity index (χ1) is 32.1. The smallest absolute Gasteiger partial charge is 0.272 e. The Hall–Kier alpha value is -5.43. The minimum Gasteiger partial charge on any atom is -0.378 e. The molecule has 6 heterocycles. The summed E-state index contributed by atoms with van der Waals surface area (Å²) >= 11 is 1.81. The van der Waals surface area contributed by atoms with Crippen molar-refractivity contribution in [2.24, 2.45) is 5.41 Å². The monoisotopic (exact) mass is 919 g/mol. The molecule has 348 valence electrons. The van der Waals surface area contributed by atoms with E-state index in [-0.39, 0.29) is 53.4 Å². The Morgan fingerprint density at radius 1 is 0.924 bits per heavy atom. The van der Waals surface area contributed by atoms with E-state index in [2.05, 4.69) is 42.3 Å². The molecule has 0 radical (unpaired) electrons. The highest BCUT2D eigenvalue weighted by atomic mass is 32.1. The summed E-state index contributed by atoms with van der Waals surface area (Å²) in [6, 6.07) is 11.9. The number of fused-ring (bicyclic) bond motifs is 2. The number of aromatic amines is 1. The van der Waals surface area contributed by atoms with E-state index in [4.69, 9.17) is 14.8 Å². The van der Waals surface area contributed by atoms with Gasteiger partial charge >= 0.3 is 0 Å². The summed E-state index contributed by atoms with van der Waals surface area (Å²) in [6.45, 7) is 8.15. The fourth-order valence-electron chi connectivity index (χ4n) is 11.2. The molecule has 3 aliphatic heterocycles. The number of halogens is 1. The summed E-state index contributed by atoms with van der Waals surface area (Å²) in [5, 5.41) is 24.6. The number of aryl methyl sites for hydroxylation is 2. The summed E-state index contributed by atoms with van der Waals surface area (Å²) in [6.07, 6.45) is 9.78. The molecule has 6 aliphatic rings. The molecule has 2 aromatic carbocycles. The topological polar surface area (TPSA) is 184 Å². The Labute approximate surface area is 386 Å². The number of hydrogen-bond acceptors (Lipinski definition) is 12. The van der Waals surface area contributed by atoms with Gasteiger partial charge in [0.15, 0.2) is 0 Å². The number of benzene rings is 2. The van der Waals surface area contributed by atoms with Gasteiger partial charge in [-0.15, -0.1) is 21.5 Å². The largest absolute Gasteiger partial charge is 0.378 e. The molecule has 18 heteroatoms. The fourth-order valence-corrected chi connectivity index (χ4v) is 12.3. The normalized spacial score (nSPS) is 22.7. The first-order valence-electron chi connectivity index (χ1n) is 23.6. The molecule has 3 amide bonds. The summed E-state index contributed by atoms with van der Waals surface area (Å²) in [5.74, 6) is 1.25. The molecule has 3 aromatic heterocycles. The van der Waals surface area contributed by atoms with Gasteiger partial charge in [-0.25, -0.2) is 14.5 Å². The van der Waals surface area contributed by atoms with Crippen molar-refractivity contribution < 1.29 is 23.5 Å². The lowest BCUT2D eigenvalue weighted by molar-refractivity contribution is -0.177. The van der Waals surface area contributed by atoms with Gasteiger partial charge in [-0.1, -0.05) is 30.7 Å². The Kier molecular flexibility index (Phi) is 12.6. The highest BCUT2D eigenvalue weighted by molar-refractivity contribution is 7.11. The summed E-state index contributed by atoms with van der Waals surface area (Å²) in [4.78, 5) is 64.2. The highest BCUT2D eigenvalue weighted by Crippen LogP contribution is 2.74. The second kappa shape index (κ2) is 18.7. The number of aromatic nitrogens is 6. The van der Waals surface area contributed by atoms with Crippen LogP contribution in [0.15, 0.2) is 47.3 Å². The van der Waals surface area contributed by atoms with Crippen molar-refractivity contribution >= 4 is 39.8 Å². The van der Waals surface area contributed by atoms with E-state index in [1.165, 1.54) is 35.9 Å². The summed E-state index contributed by atoms with van der Waals surface area (Å²) in [5.41, 5.74) is 1.90. The first-order valence-corrected chi connectivity index (χ1v) is 24.4. The number of H-pyrrole nitrogens is 1. The quantitative estimate of drug-likeness (QED) is 0.121. The van der Waals surface area contributed by atoms with Crippen LogP contribution in [0, 0.1) is 18.2 Å². The first kappa shape index (κ1) is 44.4. The van der Waals surface area contributed by atoms with E-state index in [9.17, 15) is 23.6 Å². The third-order valence-corrected chi connectivity index (χ3v) is 15.5. The molecule has 1 atom stereocenters. The number of carbonyl (C=O) groups excluding carboxylic acids is 3. The fraction of sp³-hybridized carbons (Fsp3) is 0.542. The zero-order valence-corrected chi connectivity index (χ0v) is 38.4. The van der Waals surface area contributed by atoms with E-state index < -0.39 is 11.7 Å². The number of nitrogens with zero attached hydrogens (tertiary/aromatic N) is 8. The van der Waals surface area contributed by atoms with E-state index in [0.717, 1.165) is 74.8 Å². The second-order valence-corrected chi connectivity index (χ2v) is 20.2. The molecule has 3 saturated carbocycles. The van der Waals surface area contributed by atoms with Crippen molar-refractivity contribution in [3.63, 3.8) is 0 Å². The number of nitrogens with one attached hydrogen (secondary N) is 3. The maximum atomic E-state index is 15.0. The van der Waals surface area contributed by atoms with Crippen LogP contribution in [0.5, 0.6) is 0 Å². The van der Waals surface area contributed by atoms with Crippen molar-refractivity contribution in [2.45, 2.75) is 95.7 Å². The Balaban J connectivity index is 0.606. The molecule has 66 heavy (non-hydrogen) atoms. The Morgan fingerprint density at radius 2 is 1.71 bits per heavy atom. The molecule has 16 nitrogen and oxygen atoms in total. The molecule has 3 aliphatic carbocycles. The van der Waals surface area contributed by atoms with E-state index in [1.54, 1.807) is 45.4 Å². The van der Waals surface area contributed by atoms with Gasteiger partial charge in [-0.05, 0) is 82.2 Å². The molecular weight excluding hydrogens is 862 g/mol. The molecule has 2 bridgehead atoms. The maximum Gasteiger partial charge on any atom is 0.272 e. The van der Waals surface area contributed by atoms with Crippen LogP contribution >= 0.6 is 11.3 Å². The lowest BCUT2D eigenvalue weighted by Gasteiger charge is -2.68. The van der Waals surface area contributed by atoms with Crippen molar-refractivity contribution in [3.8, 4) is 0 Å². The minimum absolute atomic E-state index is 0.0189. The molecule has 3 N–H and O–H groups in total. The summed E-state index contributed by atoms with van der Waals surface area (Å²) in [7, 11) is 0. The van der Waals surface area contributed by atoms with Crippen LogP contribution < -0.4 is 16.2 Å². The molecule has 1 unspecified atom stereocenters. The predicted molar refractivity (Wildman–Crippen MR) is 246 cm³/mol. The second-order valence-electron chi connectivity index (χ2n) is 18.9. The number of amides is 3. The van der Waals surface area contributed by atoms with E-state index in [0.29, 0.717) is 73.9 Å². The Morgan fingerprint density at radius 3 is 2.55 bits per heavy atom. The average Bonchev–Trinajstić information content (AvgIpc) is 3.98. The maximum absolute atomic E-state index is 15.0. The van der Waals surface area contributed by atoms with Gasteiger partial charge in [-0.2, -0.15) is 5.10 Å². The van der Waals surface area contributed by atoms with Gasteiger partial charge in [0.1, 0.15) is 22.5 Å². The van der Waals surface area contributed by atoms with Gasteiger partial charge in [0.05, 0.1) is 60.1 Å². The predicted octanol–water partition coefficient (Wildman–Crippen LogP) is 4.20. The van der Waals surface area contributed by atoms with Crippen LogP contribution in [0.3, 0.4) is 0 Å². The number of hydrogen-bond donors (Lipinski definition) is 3. The van der Waals surface area contributed by atoms with Crippen molar-refractivity contribution in [1.82, 2.24) is 55.3 Å². The molecule has 11 rings (SSSR count). The number of likely N-dealkylation sites (tertiary alicyclic amines) is 1. The van der Waals surface area contributed by atoms with Gasteiger partial charge in [0.25, 0.3) is 11.5 Å². The molecule has 0 spiro atoms. The van der Waals surface area contributed by atoms with Crippen molar-refractivity contribution in [3.05, 3.63) is 103 Å². The molecule has 5 fully saturated rings. The van der Waals surface area contributed by atoms with Gasteiger partial charge in [-0.3, -0.25) is 24.1 Å². The molecule has 5 aromatic rings. The minimum atomic E-state index is -0.617. The van der Waals surface area contributed by atoms with Crippen LogP contribution in [-0.2, 0) is 45.7 Å². The lowest BCUT2D eigenvalue weighted by Crippen LogP contribution is -2.70. The molecule has 2 saturated heterocycles. The zero-order valence-electron chi connectivity index (χ0n) is 37.6. The number of thiazole rings is 1. The van der Waals surface area contributed by atoms with E-state index >= 15 is 0 Å². The number of piperazine rings is 1. The zero-order chi connectivity index (χ0) is 45.4. The van der Waals surface area contributed by atoms with Crippen molar-refractivity contribution in [1.29, 1.82) is 0 Å². The summed E-state index contributed by atoms with van der Waals surface area (Å²) < 4.78 is 23.1. The Bertz CT molecular complexity index is 2670. The highest BCUT2D eigenvalue weighted by Gasteiger charge is 2.73. The average molecular weight is 920 g/mol. The van der Waals surface area contributed by atoms with Crippen LogP contribution in [0.2, 0.25) is 0 Å². The SMILES string of the molecule is Cc1sc(CN2CCCC2c2nnc3n2CCCCC3)nc1C12CC(C(=O)NCCOCCNCC(=O)N3CCN(C(=O)c4cc(Cc5n[nH]c(=O)c6ccccc56)ccc4F)CC3)(C1)C2. The van der Waals surface area contributed by atoms with Crippen molar-refractivity contribution in [2.75, 3.05) is 65.6 Å². The van der Waals surface area contributed by atoms with Crippen LogP contribution in [0.4, 0.5) is 4.39 Å². The number of ether oxygens (including phenoxy) is 1. The number of carbonyl (C=O) groups is 3. The van der Waals surface area contributed by atoms with E-state index in [1.807, 2.05) is 12.1 Å². The van der Waals surface area contributed by atoms with Gasteiger partial charge in [0.2, 0.25) is 11.8 Å². The number of rotatable bonds is 16. The van der Waals surface area contributed by atoms with Crippen LogP contribution in [-0.4, -0.2) is 128 Å². The van der Waals surface area contributed by atoms with Crippen LogP contribution in [0.25, 0.3) is 10.8 Å². The molecular formula is C48H58FN11O5S. The van der Waals surface area contributed by atoms with Crippen LogP contribution in [0.1, 0.15) is 106 Å². The third kappa shape index (κ3) is 8.68. The van der Waals surface area contributed by atoms with Gasteiger partial charge in [0, 0.05) is 74.3 Å². The lowest BCUT2D eigenvalue weighted by atomic mass is 9.34.